The fourth-order valence-electron chi connectivity index (χ4n) is 1.81. The third-order valence-electron chi connectivity index (χ3n) is 3.45. The molecule has 0 aromatic carbocycles. The molecule has 1 radical (unpaired) electrons. The van der Waals surface area contributed by atoms with Crippen LogP contribution in [-0.4, -0.2) is 107 Å². The monoisotopic (exact) mass is 420 g/mol. The average molecular weight is 420 g/mol. The summed E-state index contributed by atoms with van der Waals surface area (Å²) in [5, 5.41) is 9.00. The molecule has 0 bridgehead atoms. The summed E-state index contributed by atoms with van der Waals surface area (Å²) in [5.41, 5.74) is 0. The molecule has 0 aromatic rings. The number of nitrogens with zero attached hydrogens (tertiary/aromatic N) is 5. The Balaban J connectivity index is -0.000000455. The van der Waals surface area contributed by atoms with Gasteiger partial charge in [0.05, 0.1) is 0 Å². The van der Waals surface area contributed by atoms with E-state index in [2.05, 4.69) is 47.8 Å². The largest absolute Gasteiger partial charge is 2.00 e. The van der Waals surface area contributed by atoms with Crippen molar-refractivity contribution in [2.45, 2.75) is 0 Å². The van der Waals surface area contributed by atoms with Crippen molar-refractivity contribution in [1.29, 1.82) is 0 Å². The molecule has 1 fully saturated rings. The molecule has 0 spiro atoms. The standard InChI is InChI=1S/C12H28N4.BF4.Co.HNO2/c1-13-5-7-14(2)9-11-16(4)12-10-15(3)8-6-13;2-1(3,4)5;;2-1-3/h5-12H2,1-4H3;;;(H,2,3)/q;-1;+2;/p-1. The Bertz CT molecular complexity index is 260. The van der Waals surface area contributed by atoms with Crippen LogP contribution in [0.4, 0.5) is 17.3 Å². The minimum absolute atomic E-state index is 0. The maximum atomic E-state index is 9.75. The summed E-state index contributed by atoms with van der Waals surface area (Å²) in [7, 11) is 2.89. The van der Waals surface area contributed by atoms with Crippen molar-refractivity contribution >= 4 is 7.25 Å². The summed E-state index contributed by atoms with van der Waals surface area (Å²) in [4.78, 5) is 17.7. The van der Waals surface area contributed by atoms with E-state index in [9.17, 15) is 17.3 Å². The van der Waals surface area contributed by atoms with Gasteiger partial charge < -0.3 is 47.0 Å². The van der Waals surface area contributed by atoms with Gasteiger partial charge in [0.15, 0.2) is 0 Å². The normalized spacial score (nSPS) is 19.7. The third-order valence-corrected chi connectivity index (χ3v) is 3.45. The molecular weight excluding hydrogens is 392 g/mol. The molecule has 0 aliphatic carbocycles. The van der Waals surface area contributed by atoms with Gasteiger partial charge in [-0.05, 0) is 28.2 Å². The second-order valence-electron chi connectivity index (χ2n) is 5.78. The van der Waals surface area contributed by atoms with Crippen molar-refractivity contribution in [2.75, 3.05) is 80.5 Å². The van der Waals surface area contributed by atoms with Crippen LogP contribution in [-0.2, 0) is 16.8 Å². The van der Waals surface area contributed by atoms with Crippen molar-refractivity contribution in [3.63, 3.8) is 0 Å². The van der Waals surface area contributed by atoms with Gasteiger partial charge >= 0.3 is 24.0 Å². The van der Waals surface area contributed by atoms with E-state index in [1.165, 1.54) is 52.4 Å². The Morgan fingerprint density at radius 1 is 0.680 bits per heavy atom. The van der Waals surface area contributed by atoms with Crippen molar-refractivity contribution in [3.8, 4) is 0 Å². The minimum atomic E-state index is -6.00. The summed E-state index contributed by atoms with van der Waals surface area (Å²) in [6, 6.07) is 0. The van der Waals surface area contributed by atoms with E-state index in [0.29, 0.717) is 0 Å². The van der Waals surface area contributed by atoms with Crippen LogP contribution >= 0.6 is 0 Å². The van der Waals surface area contributed by atoms with E-state index in [1.807, 2.05) is 0 Å². The van der Waals surface area contributed by atoms with E-state index in [4.69, 9.17) is 10.1 Å². The molecule has 1 heterocycles. The zero-order valence-electron chi connectivity index (χ0n) is 15.1. The van der Waals surface area contributed by atoms with Gasteiger partial charge in [0.25, 0.3) is 0 Å². The van der Waals surface area contributed by atoms with Gasteiger partial charge in [-0.1, -0.05) is 0 Å². The van der Waals surface area contributed by atoms with E-state index < -0.39 is 7.25 Å². The van der Waals surface area contributed by atoms with Gasteiger partial charge in [0.1, 0.15) is 0 Å². The number of hydrogen-bond donors (Lipinski definition) is 0. The van der Waals surface area contributed by atoms with Gasteiger partial charge in [-0.15, -0.1) is 5.34 Å². The van der Waals surface area contributed by atoms with Gasteiger partial charge in [-0.25, -0.2) is 0 Å². The van der Waals surface area contributed by atoms with E-state index in [1.54, 1.807) is 0 Å². The summed E-state index contributed by atoms with van der Waals surface area (Å²) < 4.78 is 39.0. The van der Waals surface area contributed by atoms with E-state index in [-0.39, 0.29) is 16.8 Å². The second-order valence-corrected chi connectivity index (χ2v) is 5.78. The first kappa shape index (κ1) is 29.3. The van der Waals surface area contributed by atoms with E-state index in [0.717, 1.165) is 5.34 Å². The Morgan fingerprint density at radius 2 is 0.760 bits per heavy atom. The van der Waals surface area contributed by atoms with Crippen LogP contribution in [0, 0.1) is 10.1 Å². The van der Waals surface area contributed by atoms with Crippen molar-refractivity contribution in [1.82, 2.24) is 19.6 Å². The number of halogens is 4. The van der Waals surface area contributed by atoms with Gasteiger partial charge in [0, 0.05) is 52.4 Å². The Kier molecular flexibility index (Phi) is 19.9. The first-order valence-electron chi connectivity index (χ1n) is 7.56. The average Bonchev–Trinajstić information content (AvgIpc) is 2.44. The van der Waals surface area contributed by atoms with Crippen LogP contribution in [0.1, 0.15) is 0 Å². The molecular formula is C12H28BCoF4N5O2. The molecule has 0 atom stereocenters. The number of rotatable bonds is 0. The van der Waals surface area contributed by atoms with Crippen LogP contribution in [0.2, 0.25) is 0 Å². The molecule has 0 amide bonds. The number of likely N-dealkylation sites (N-methyl/N-ethyl adjacent to an activating group) is 4. The van der Waals surface area contributed by atoms with Crippen LogP contribution in [0.3, 0.4) is 0 Å². The zero-order valence-corrected chi connectivity index (χ0v) is 16.2. The summed E-state index contributed by atoms with van der Waals surface area (Å²) >= 11 is 0. The fraction of sp³-hybridized carbons (Fsp3) is 1.00. The predicted octanol–water partition coefficient (Wildman–Crippen LogP) is 1.28. The maximum Gasteiger partial charge on any atom is 2.00 e. The molecule has 25 heavy (non-hydrogen) atoms. The third kappa shape index (κ3) is 28.6. The molecule has 0 unspecified atom stereocenters. The molecule has 0 N–H and O–H groups in total. The van der Waals surface area contributed by atoms with Gasteiger partial charge in [0.2, 0.25) is 0 Å². The smallest absolute Gasteiger partial charge is 0.444 e. The predicted molar refractivity (Wildman–Crippen MR) is 89.3 cm³/mol. The van der Waals surface area contributed by atoms with Crippen LogP contribution < -0.4 is 0 Å². The Labute approximate surface area is 157 Å². The second kappa shape index (κ2) is 17.0. The van der Waals surface area contributed by atoms with Crippen molar-refractivity contribution < 1.29 is 34.0 Å². The van der Waals surface area contributed by atoms with Crippen LogP contribution in [0.15, 0.2) is 5.34 Å². The van der Waals surface area contributed by atoms with Gasteiger partial charge in [-0.3, -0.25) is 0 Å². The van der Waals surface area contributed by atoms with Crippen molar-refractivity contribution in [2.24, 2.45) is 5.34 Å². The molecule has 1 aliphatic rings. The fourth-order valence-corrected chi connectivity index (χ4v) is 1.81. The van der Waals surface area contributed by atoms with Crippen molar-refractivity contribution in [3.05, 3.63) is 10.1 Å². The summed E-state index contributed by atoms with van der Waals surface area (Å²) in [6.45, 7) is 9.40. The molecule has 1 rings (SSSR count). The van der Waals surface area contributed by atoms with E-state index >= 15 is 0 Å². The SMILES string of the molecule is CN1CCN(C)CCN(C)CCN(C)CC1.F[B-](F)(F)F.O=N[O-].[Co+2]. The molecule has 7 nitrogen and oxygen atoms in total. The Hall–Kier alpha value is -0.469. The molecule has 153 valence electrons. The number of hydrogen-bond acceptors (Lipinski definition) is 7. The maximum absolute atomic E-state index is 9.75. The molecule has 1 saturated heterocycles. The first-order valence-corrected chi connectivity index (χ1v) is 7.56. The first-order chi connectivity index (χ1) is 11.0. The molecule has 0 aromatic heterocycles. The van der Waals surface area contributed by atoms with Gasteiger partial charge in [-0.2, -0.15) is 0 Å². The topological polar surface area (TPSA) is 65.5 Å². The van der Waals surface area contributed by atoms with Crippen LogP contribution in [0.5, 0.6) is 0 Å². The minimum Gasteiger partial charge on any atom is -0.444 e. The molecule has 1 aliphatic heterocycles. The molecule has 13 heteroatoms. The van der Waals surface area contributed by atoms with Crippen LogP contribution in [0.25, 0.3) is 0 Å². The molecule has 0 saturated carbocycles. The zero-order chi connectivity index (χ0) is 19.2. The summed E-state index contributed by atoms with van der Waals surface area (Å²) in [5.74, 6) is 0. The summed E-state index contributed by atoms with van der Waals surface area (Å²) in [6.07, 6.45) is 0. The Morgan fingerprint density at radius 3 is 0.840 bits per heavy atom. The quantitative estimate of drug-likeness (QED) is 0.255.